The zero-order valence-electron chi connectivity index (χ0n) is 17.9. The van der Waals surface area contributed by atoms with Crippen LogP contribution in [0.1, 0.15) is 42.1 Å². The molecule has 0 unspecified atom stereocenters. The van der Waals surface area contributed by atoms with Gasteiger partial charge in [0.2, 0.25) is 5.91 Å². The van der Waals surface area contributed by atoms with Crippen molar-refractivity contribution < 1.29 is 4.79 Å². The Morgan fingerprint density at radius 3 is 2.52 bits per heavy atom. The summed E-state index contributed by atoms with van der Waals surface area (Å²) < 4.78 is 0. The lowest BCUT2D eigenvalue weighted by Gasteiger charge is -2.17. The van der Waals surface area contributed by atoms with Gasteiger partial charge in [0.15, 0.2) is 5.82 Å². The summed E-state index contributed by atoms with van der Waals surface area (Å²) in [6.07, 6.45) is 1.21. The second-order valence-corrected chi connectivity index (χ2v) is 7.74. The summed E-state index contributed by atoms with van der Waals surface area (Å²) in [6.45, 7) is 6.22. The number of amides is 1. The molecule has 0 fully saturated rings. The van der Waals surface area contributed by atoms with Crippen LogP contribution in [0.15, 0.2) is 48.5 Å². The largest absolute Gasteiger partial charge is 0.364 e. The molecule has 31 heavy (non-hydrogen) atoms. The van der Waals surface area contributed by atoms with Crippen LogP contribution in [-0.2, 0) is 11.3 Å². The summed E-state index contributed by atoms with van der Waals surface area (Å²) in [6, 6.07) is 17.8. The van der Waals surface area contributed by atoms with E-state index in [2.05, 4.69) is 21.7 Å². The molecule has 2 aromatic carbocycles. The predicted octanol–water partition coefficient (Wildman–Crippen LogP) is 6.24. The van der Waals surface area contributed by atoms with Gasteiger partial charge in [0.1, 0.15) is 0 Å². The lowest BCUT2D eigenvalue weighted by molar-refractivity contribution is -0.116. The summed E-state index contributed by atoms with van der Waals surface area (Å²) >= 11 is 6.37. The van der Waals surface area contributed by atoms with E-state index in [1.807, 2.05) is 69.3 Å². The van der Waals surface area contributed by atoms with E-state index in [9.17, 15) is 10.1 Å². The lowest BCUT2D eigenvalue weighted by atomic mass is 9.99. The van der Waals surface area contributed by atoms with Crippen LogP contribution in [0.5, 0.6) is 0 Å². The highest BCUT2D eigenvalue weighted by molar-refractivity contribution is 6.32. The van der Waals surface area contributed by atoms with Gasteiger partial charge in [-0.2, -0.15) is 5.26 Å². The van der Waals surface area contributed by atoms with Crippen LogP contribution in [-0.4, -0.2) is 10.9 Å². The molecule has 1 amide bonds. The normalized spacial score (nSPS) is 10.4. The number of nitriles is 1. The average molecular weight is 433 g/mol. The van der Waals surface area contributed by atoms with Crippen LogP contribution in [0, 0.1) is 25.2 Å². The van der Waals surface area contributed by atoms with Gasteiger partial charge < -0.3 is 10.6 Å². The van der Waals surface area contributed by atoms with Crippen molar-refractivity contribution >= 4 is 29.0 Å². The Bertz CT molecular complexity index is 1130. The van der Waals surface area contributed by atoms with E-state index in [4.69, 9.17) is 11.6 Å². The Labute approximate surface area is 188 Å². The molecule has 0 bridgehead atoms. The summed E-state index contributed by atoms with van der Waals surface area (Å²) in [5.41, 5.74) is 5.73. The molecule has 0 radical (unpaired) electrons. The number of rotatable bonds is 7. The van der Waals surface area contributed by atoms with Crippen LogP contribution in [0.3, 0.4) is 0 Å². The minimum atomic E-state index is -0.0594. The van der Waals surface area contributed by atoms with E-state index in [1.54, 1.807) is 0 Å². The number of anilines is 2. The molecule has 1 aromatic heterocycles. The van der Waals surface area contributed by atoms with E-state index in [0.29, 0.717) is 40.8 Å². The van der Waals surface area contributed by atoms with Gasteiger partial charge in [-0.15, -0.1) is 0 Å². The molecule has 3 aromatic rings. The number of aromatic nitrogens is 1. The molecular formula is C25H25ClN4O. The van der Waals surface area contributed by atoms with Gasteiger partial charge in [-0.05, 0) is 48.6 Å². The first-order valence-corrected chi connectivity index (χ1v) is 10.6. The van der Waals surface area contributed by atoms with Crippen LogP contribution in [0.2, 0.25) is 5.02 Å². The number of nitrogens with one attached hydrogen (secondary N) is 2. The first-order valence-electron chi connectivity index (χ1n) is 10.2. The first-order chi connectivity index (χ1) is 14.9. The van der Waals surface area contributed by atoms with Gasteiger partial charge in [-0.1, -0.05) is 61.0 Å². The second kappa shape index (κ2) is 10.1. The van der Waals surface area contributed by atoms with Gasteiger partial charge in [0, 0.05) is 13.0 Å². The number of hydrogen-bond donors (Lipinski definition) is 2. The van der Waals surface area contributed by atoms with Gasteiger partial charge in [0.25, 0.3) is 0 Å². The SMILES string of the molecule is CCCC(=O)Nc1c(NCc2ccc(-c3ccccc3C#N)cc2)nc(C)c(Cl)c1C. The van der Waals surface area contributed by atoms with Crippen molar-refractivity contribution in [2.75, 3.05) is 10.6 Å². The number of benzene rings is 2. The maximum Gasteiger partial charge on any atom is 0.224 e. The Morgan fingerprint density at radius 1 is 1.13 bits per heavy atom. The molecule has 0 saturated carbocycles. The standard InChI is InChI=1S/C25H25ClN4O/c1-4-7-22(31)30-24-16(2)23(26)17(3)29-25(24)28-15-18-10-12-19(13-11-18)21-9-6-5-8-20(21)14-27/h5-6,8-13H,4,7,15H2,1-3H3,(H,28,29)(H,30,31). The average Bonchev–Trinajstić information content (AvgIpc) is 2.79. The summed E-state index contributed by atoms with van der Waals surface area (Å²) in [7, 11) is 0. The number of halogens is 1. The summed E-state index contributed by atoms with van der Waals surface area (Å²) in [4.78, 5) is 16.7. The van der Waals surface area contributed by atoms with Crippen LogP contribution >= 0.6 is 11.6 Å². The van der Waals surface area contributed by atoms with Crippen molar-refractivity contribution in [1.29, 1.82) is 5.26 Å². The zero-order chi connectivity index (χ0) is 22.4. The van der Waals surface area contributed by atoms with Crippen molar-refractivity contribution in [2.24, 2.45) is 0 Å². The number of carbonyl (C=O) groups is 1. The molecule has 6 heteroatoms. The number of hydrogen-bond acceptors (Lipinski definition) is 4. The van der Waals surface area contributed by atoms with E-state index in [-0.39, 0.29) is 5.91 Å². The van der Waals surface area contributed by atoms with Crippen molar-refractivity contribution in [3.8, 4) is 17.2 Å². The molecule has 3 rings (SSSR count). The highest BCUT2D eigenvalue weighted by Crippen LogP contribution is 2.32. The molecular weight excluding hydrogens is 408 g/mol. The molecule has 5 nitrogen and oxygen atoms in total. The quantitative estimate of drug-likeness (QED) is 0.463. The summed E-state index contributed by atoms with van der Waals surface area (Å²) in [5.74, 6) is 0.540. The van der Waals surface area contributed by atoms with Gasteiger partial charge in [-0.25, -0.2) is 4.98 Å². The molecule has 158 valence electrons. The third-order valence-corrected chi connectivity index (χ3v) is 5.61. The number of carbonyl (C=O) groups excluding carboxylic acids is 1. The highest BCUT2D eigenvalue weighted by Gasteiger charge is 2.16. The lowest BCUT2D eigenvalue weighted by Crippen LogP contribution is -2.15. The fourth-order valence-corrected chi connectivity index (χ4v) is 3.50. The number of pyridine rings is 1. The Morgan fingerprint density at radius 2 is 1.84 bits per heavy atom. The van der Waals surface area contributed by atoms with Crippen molar-refractivity contribution in [3.63, 3.8) is 0 Å². The Hall–Kier alpha value is -3.36. The van der Waals surface area contributed by atoms with Crippen molar-refractivity contribution in [2.45, 2.75) is 40.2 Å². The van der Waals surface area contributed by atoms with E-state index in [0.717, 1.165) is 28.7 Å². The van der Waals surface area contributed by atoms with E-state index >= 15 is 0 Å². The van der Waals surface area contributed by atoms with Gasteiger partial charge in [-0.3, -0.25) is 4.79 Å². The third-order valence-electron chi connectivity index (χ3n) is 5.05. The number of nitrogens with zero attached hydrogens (tertiary/aromatic N) is 2. The van der Waals surface area contributed by atoms with Crippen LogP contribution in [0.25, 0.3) is 11.1 Å². The second-order valence-electron chi connectivity index (χ2n) is 7.37. The monoisotopic (exact) mass is 432 g/mol. The van der Waals surface area contributed by atoms with Crippen molar-refractivity contribution in [3.05, 3.63) is 75.9 Å². The Balaban J connectivity index is 1.81. The van der Waals surface area contributed by atoms with E-state index < -0.39 is 0 Å². The first kappa shape index (κ1) is 22.3. The van der Waals surface area contributed by atoms with Crippen molar-refractivity contribution in [1.82, 2.24) is 4.98 Å². The smallest absolute Gasteiger partial charge is 0.224 e. The molecule has 1 heterocycles. The fourth-order valence-electron chi connectivity index (χ4n) is 3.36. The van der Waals surface area contributed by atoms with Crippen LogP contribution in [0.4, 0.5) is 11.5 Å². The molecule has 2 N–H and O–H groups in total. The predicted molar refractivity (Wildman–Crippen MR) is 126 cm³/mol. The molecule has 0 aliphatic carbocycles. The zero-order valence-corrected chi connectivity index (χ0v) is 18.7. The minimum Gasteiger partial charge on any atom is -0.364 e. The highest BCUT2D eigenvalue weighted by atomic mass is 35.5. The molecule has 0 atom stereocenters. The minimum absolute atomic E-state index is 0.0594. The third kappa shape index (κ3) is 5.22. The van der Waals surface area contributed by atoms with Gasteiger partial charge in [0.05, 0.1) is 28.0 Å². The maximum atomic E-state index is 12.2. The Kier molecular flexibility index (Phi) is 7.28. The van der Waals surface area contributed by atoms with Gasteiger partial charge >= 0.3 is 0 Å². The number of aryl methyl sites for hydroxylation is 1. The molecule has 0 aliphatic heterocycles. The molecule has 0 spiro atoms. The molecule has 0 saturated heterocycles. The topological polar surface area (TPSA) is 77.8 Å². The molecule has 0 aliphatic rings. The fraction of sp³-hybridized carbons (Fsp3) is 0.240. The summed E-state index contributed by atoms with van der Waals surface area (Å²) in [5, 5.41) is 16.2. The maximum absolute atomic E-state index is 12.2. The van der Waals surface area contributed by atoms with Crippen LogP contribution < -0.4 is 10.6 Å². The van der Waals surface area contributed by atoms with E-state index in [1.165, 1.54) is 0 Å².